The van der Waals surface area contributed by atoms with Gasteiger partial charge in [0.1, 0.15) is 0 Å². The SMILES string of the molecule is CC(Sc1nnnn1C1CC1)C(=O)N1CCCC(Cn2cnc3ccccc32)C1. The van der Waals surface area contributed by atoms with Gasteiger partial charge < -0.3 is 9.47 Å². The van der Waals surface area contributed by atoms with E-state index in [2.05, 4.69) is 31.1 Å². The molecule has 1 saturated carbocycles. The molecule has 2 fully saturated rings. The molecule has 29 heavy (non-hydrogen) atoms. The molecule has 1 saturated heterocycles. The second-order valence-corrected chi connectivity index (χ2v) is 9.38. The van der Waals surface area contributed by atoms with E-state index in [9.17, 15) is 4.79 Å². The molecular formula is C20H25N7OS. The molecule has 2 aromatic heterocycles. The van der Waals surface area contributed by atoms with Crippen LogP contribution in [0.4, 0.5) is 0 Å². The Balaban J connectivity index is 1.22. The molecule has 3 aromatic rings. The summed E-state index contributed by atoms with van der Waals surface area (Å²) in [5.74, 6) is 0.625. The average molecular weight is 412 g/mol. The Morgan fingerprint density at radius 1 is 1.28 bits per heavy atom. The first-order chi connectivity index (χ1) is 14.2. The number of piperidine rings is 1. The fourth-order valence-electron chi connectivity index (χ4n) is 4.13. The van der Waals surface area contributed by atoms with Crippen molar-refractivity contribution in [3.05, 3.63) is 30.6 Å². The summed E-state index contributed by atoms with van der Waals surface area (Å²) in [5, 5.41) is 12.6. The summed E-state index contributed by atoms with van der Waals surface area (Å²) in [7, 11) is 0. The molecular weight excluding hydrogens is 386 g/mol. The van der Waals surface area contributed by atoms with Gasteiger partial charge in [0.15, 0.2) is 0 Å². The van der Waals surface area contributed by atoms with Crippen molar-refractivity contribution in [2.75, 3.05) is 13.1 Å². The van der Waals surface area contributed by atoms with Gasteiger partial charge >= 0.3 is 0 Å². The number of thioether (sulfide) groups is 1. The molecule has 0 radical (unpaired) electrons. The van der Waals surface area contributed by atoms with Crippen LogP contribution in [0.2, 0.25) is 0 Å². The van der Waals surface area contributed by atoms with Crippen LogP contribution in [0.3, 0.4) is 0 Å². The molecule has 2 aliphatic rings. The number of fused-ring (bicyclic) bond motifs is 1. The van der Waals surface area contributed by atoms with E-state index in [0.717, 1.165) is 61.5 Å². The summed E-state index contributed by atoms with van der Waals surface area (Å²) in [6.45, 7) is 4.49. The van der Waals surface area contributed by atoms with Crippen molar-refractivity contribution >= 4 is 28.7 Å². The van der Waals surface area contributed by atoms with Gasteiger partial charge in [-0.25, -0.2) is 9.67 Å². The van der Waals surface area contributed by atoms with Crippen LogP contribution < -0.4 is 0 Å². The summed E-state index contributed by atoms with van der Waals surface area (Å²) in [6, 6.07) is 8.62. The molecule has 0 spiro atoms. The number of benzene rings is 1. The van der Waals surface area contributed by atoms with Crippen LogP contribution >= 0.6 is 11.8 Å². The third-order valence-electron chi connectivity index (χ3n) is 5.80. The molecule has 0 bridgehead atoms. The Hall–Kier alpha value is -2.42. The van der Waals surface area contributed by atoms with Gasteiger partial charge in [-0.05, 0) is 61.1 Å². The van der Waals surface area contributed by atoms with Gasteiger partial charge in [0.05, 0.1) is 28.7 Å². The number of hydrogen-bond acceptors (Lipinski definition) is 6. The first kappa shape index (κ1) is 18.6. The van der Waals surface area contributed by atoms with Crippen LogP contribution in [0, 0.1) is 5.92 Å². The Labute approximate surface area is 173 Å². The van der Waals surface area contributed by atoms with Crippen molar-refractivity contribution in [2.24, 2.45) is 5.92 Å². The Morgan fingerprint density at radius 3 is 3.00 bits per heavy atom. The monoisotopic (exact) mass is 411 g/mol. The largest absolute Gasteiger partial charge is 0.341 e. The molecule has 8 nitrogen and oxygen atoms in total. The van der Waals surface area contributed by atoms with Crippen LogP contribution in [0.1, 0.15) is 38.6 Å². The summed E-state index contributed by atoms with van der Waals surface area (Å²) < 4.78 is 4.09. The second kappa shape index (κ2) is 7.78. The van der Waals surface area contributed by atoms with E-state index in [1.54, 1.807) is 0 Å². The number of amides is 1. The van der Waals surface area contributed by atoms with E-state index >= 15 is 0 Å². The van der Waals surface area contributed by atoms with Crippen LogP contribution in [0.25, 0.3) is 11.0 Å². The van der Waals surface area contributed by atoms with E-state index in [1.165, 1.54) is 11.8 Å². The molecule has 152 valence electrons. The Kier molecular flexibility index (Phi) is 4.99. The number of para-hydroxylation sites is 2. The molecule has 1 amide bonds. The molecule has 2 unspecified atom stereocenters. The number of carbonyl (C=O) groups excluding carboxylic acids is 1. The second-order valence-electron chi connectivity index (χ2n) is 8.08. The summed E-state index contributed by atoms with van der Waals surface area (Å²) in [5.41, 5.74) is 2.18. The number of aromatic nitrogens is 6. The van der Waals surface area contributed by atoms with Crippen molar-refractivity contribution in [3.63, 3.8) is 0 Å². The first-order valence-electron chi connectivity index (χ1n) is 10.3. The van der Waals surface area contributed by atoms with E-state index in [-0.39, 0.29) is 11.2 Å². The molecule has 9 heteroatoms. The third-order valence-corrected chi connectivity index (χ3v) is 6.83. The maximum Gasteiger partial charge on any atom is 0.235 e. The predicted molar refractivity (Wildman–Crippen MR) is 110 cm³/mol. The Bertz CT molecular complexity index is 1010. The lowest BCUT2D eigenvalue weighted by atomic mass is 9.97. The minimum atomic E-state index is -0.189. The number of imidazole rings is 1. The lowest BCUT2D eigenvalue weighted by Gasteiger charge is -2.34. The predicted octanol–water partition coefficient (Wildman–Crippen LogP) is 2.78. The summed E-state index contributed by atoms with van der Waals surface area (Å²) in [4.78, 5) is 19.6. The smallest absolute Gasteiger partial charge is 0.235 e. The average Bonchev–Trinajstić information content (AvgIpc) is 3.36. The summed E-state index contributed by atoms with van der Waals surface area (Å²) in [6.07, 6.45) is 6.34. The van der Waals surface area contributed by atoms with E-state index in [4.69, 9.17) is 0 Å². The lowest BCUT2D eigenvalue weighted by molar-refractivity contribution is -0.132. The zero-order valence-electron chi connectivity index (χ0n) is 16.5. The molecule has 5 rings (SSSR count). The van der Waals surface area contributed by atoms with E-state index < -0.39 is 0 Å². The van der Waals surface area contributed by atoms with Crippen LogP contribution in [-0.2, 0) is 11.3 Å². The van der Waals surface area contributed by atoms with Gasteiger partial charge in [-0.3, -0.25) is 4.79 Å². The Morgan fingerprint density at radius 2 is 2.14 bits per heavy atom. The fourth-order valence-corrected chi connectivity index (χ4v) is 5.07. The zero-order chi connectivity index (χ0) is 19.8. The number of nitrogens with zero attached hydrogens (tertiary/aromatic N) is 7. The van der Waals surface area contributed by atoms with Crippen molar-refractivity contribution < 1.29 is 4.79 Å². The highest BCUT2D eigenvalue weighted by Crippen LogP contribution is 2.37. The highest BCUT2D eigenvalue weighted by atomic mass is 32.2. The highest BCUT2D eigenvalue weighted by molar-refractivity contribution is 8.00. The minimum absolute atomic E-state index is 0.181. The number of tetrazole rings is 1. The van der Waals surface area contributed by atoms with Crippen molar-refractivity contribution in [3.8, 4) is 0 Å². The van der Waals surface area contributed by atoms with Gasteiger partial charge in [0.25, 0.3) is 0 Å². The van der Waals surface area contributed by atoms with Gasteiger partial charge in [0.2, 0.25) is 11.1 Å². The molecule has 2 atom stereocenters. The number of hydrogen-bond donors (Lipinski definition) is 0. The topological polar surface area (TPSA) is 81.7 Å². The van der Waals surface area contributed by atoms with Gasteiger partial charge in [-0.2, -0.15) is 0 Å². The molecule has 1 aliphatic heterocycles. The zero-order valence-corrected chi connectivity index (χ0v) is 17.3. The fraction of sp³-hybridized carbons (Fsp3) is 0.550. The highest BCUT2D eigenvalue weighted by Gasteiger charge is 2.32. The van der Waals surface area contributed by atoms with Crippen LogP contribution in [-0.4, -0.2) is 58.9 Å². The van der Waals surface area contributed by atoms with Crippen LogP contribution in [0.5, 0.6) is 0 Å². The van der Waals surface area contributed by atoms with Crippen LogP contribution in [0.15, 0.2) is 35.7 Å². The van der Waals surface area contributed by atoms with Crippen molar-refractivity contribution in [2.45, 2.75) is 55.6 Å². The lowest BCUT2D eigenvalue weighted by Crippen LogP contribution is -2.44. The van der Waals surface area contributed by atoms with Gasteiger partial charge in [0, 0.05) is 19.6 Å². The van der Waals surface area contributed by atoms with E-state index in [0.29, 0.717) is 12.0 Å². The number of likely N-dealkylation sites (tertiary alicyclic amines) is 1. The van der Waals surface area contributed by atoms with Crippen molar-refractivity contribution in [1.82, 2.24) is 34.7 Å². The minimum Gasteiger partial charge on any atom is -0.341 e. The van der Waals surface area contributed by atoms with Crippen molar-refractivity contribution in [1.29, 1.82) is 0 Å². The number of rotatable bonds is 6. The molecule has 0 N–H and O–H groups in total. The van der Waals surface area contributed by atoms with E-state index in [1.807, 2.05) is 41.0 Å². The first-order valence-corrected chi connectivity index (χ1v) is 11.2. The quantitative estimate of drug-likeness (QED) is 0.580. The third kappa shape index (κ3) is 3.88. The summed E-state index contributed by atoms with van der Waals surface area (Å²) >= 11 is 1.48. The maximum atomic E-state index is 13.1. The normalized spacial score (nSPS) is 20.9. The van der Waals surface area contributed by atoms with Gasteiger partial charge in [-0.1, -0.05) is 23.9 Å². The number of carbonyl (C=O) groups is 1. The standard InChI is InChI=1S/C20H25N7OS/c1-14(29-20-22-23-24-27(20)16-8-9-16)19(28)25-10-4-5-15(11-25)12-26-13-21-17-6-2-3-7-18(17)26/h2-3,6-7,13-16H,4-5,8-12H2,1H3. The molecule has 1 aliphatic carbocycles. The molecule has 3 heterocycles. The molecule has 1 aromatic carbocycles. The van der Waals surface area contributed by atoms with Gasteiger partial charge in [-0.15, -0.1) is 5.10 Å². The maximum absolute atomic E-state index is 13.1.